The van der Waals surface area contributed by atoms with E-state index < -0.39 is 0 Å². The molecule has 15 heavy (non-hydrogen) atoms. The van der Waals surface area contributed by atoms with Crippen LogP contribution in [0.3, 0.4) is 0 Å². The summed E-state index contributed by atoms with van der Waals surface area (Å²) in [4.78, 5) is 0. The molecule has 1 unspecified atom stereocenters. The van der Waals surface area contributed by atoms with Crippen LogP contribution in [-0.2, 0) is 6.42 Å². The molecule has 1 atom stereocenters. The first-order chi connectivity index (χ1) is 7.14. The minimum absolute atomic E-state index is 0.407. The highest BCUT2D eigenvalue weighted by Gasteiger charge is 2.40. The number of halogens is 2. The topological polar surface area (TPSA) is 0 Å². The van der Waals surface area contributed by atoms with E-state index in [0.29, 0.717) is 5.41 Å². The van der Waals surface area contributed by atoms with Crippen LogP contribution >= 0.6 is 27.5 Å². The highest BCUT2D eigenvalue weighted by Crippen LogP contribution is 2.48. The van der Waals surface area contributed by atoms with Crippen molar-refractivity contribution in [3.8, 4) is 0 Å². The molecular weight excluding hydrogens is 272 g/mol. The Bertz CT molecular complexity index is 346. The number of rotatable bonds is 4. The van der Waals surface area contributed by atoms with Crippen LogP contribution in [0.1, 0.15) is 25.3 Å². The van der Waals surface area contributed by atoms with Crippen LogP contribution in [0.25, 0.3) is 0 Å². The molecule has 1 aromatic carbocycles. The molecule has 0 N–H and O–H groups in total. The monoisotopic (exact) mass is 286 g/mol. The molecule has 82 valence electrons. The SMILES string of the molecule is CC(CBr)(Cc1cccc(Cl)c1)C1CC1. The molecule has 0 aromatic heterocycles. The molecule has 0 saturated heterocycles. The van der Waals surface area contributed by atoms with E-state index in [1.807, 2.05) is 12.1 Å². The van der Waals surface area contributed by atoms with Gasteiger partial charge in [0, 0.05) is 10.4 Å². The lowest BCUT2D eigenvalue weighted by Gasteiger charge is -2.27. The zero-order valence-corrected chi connectivity index (χ0v) is 11.3. The molecule has 0 radical (unpaired) electrons. The van der Waals surface area contributed by atoms with Crippen LogP contribution in [0.2, 0.25) is 5.02 Å². The van der Waals surface area contributed by atoms with E-state index in [0.717, 1.165) is 22.7 Å². The second kappa shape index (κ2) is 4.47. The maximum atomic E-state index is 6.00. The zero-order chi connectivity index (χ0) is 10.9. The molecule has 1 saturated carbocycles. The van der Waals surface area contributed by atoms with E-state index in [9.17, 15) is 0 Å². The Balaban J connectivity index is 2.12. The smallest absolute Gasteiger partial charge is 0.0408 e. The average Bonchev–Trinajstić information content (AvgIpc) is 3.01. The van der Waals surface area contributed by atoms with Crippen LogP contribution in [0.15, 0.2) is 24.3 Å². The van der Waals surface area contributed by atoms with Gasteiger partial charge in [-0.05, 0) is 48.3 Å². The van der Waals surface area contributed by atoms with E-state index in [4.69, 9.17) is 11.6 Å². The van der Waals surface area contributed by atoms with Gasteiger partial charge >= 0.3 is 0 Å². The first-order valence-corrected chi connectivity index (χ1v) is 6.94. The molecule has 2 heteroatoms. The van der Waals surface area contributed by atoms with E-state index in [1.54, 1.807) is 0 Å². The molecular formula is C13H16BrCl. The van der Waals surface area contributed by atoms with Crippen molar-refractivity contribution in [3.63, 3.8) is 0 Å². The normalized spacial score (nSPS) is 19.9. The van der Waals surface area contributed by atoms with Crippen molar-refractivity contribution in [1.29, 1.82) is 0 Å². The second-order valence-electron chi connectivity index (χ2n) is 4.87. The predicted molar refractivity (Wildman–Crippen MR) is 69.8 cm³/mol. The summed E-state index contributed by atoms with van der Waals surface area (Å²) in [5.41, 5.74) is 1.77. The van der Waals surface area contributed by atoms with Crippen LogP contribution in [0, 0.1) is 11.3 Å². The third kappa shape index (κ3) is 2.76. The molecule has 2 rings (SSSR count). The van der Waals surface area contributed by atoms with Crippen molar-refractivity contribution < 1.29 is 0 Å². The maximum Gasteiger partial charge on any atom is 0.0408 e. The highest BCUT2D eigenvalue weighted by molar-refractivity contribution is 9.09. The molecule has 0 heterocycles. The lowest BCUT2D eigenvalue weighted by Crippen LogP contribution is -2.24. The number of hydrogen-bond acceptors (Lipinski definition) is 0. The Morgan fingerprint density at radius 2 is 2.20 bits per heavy atom. The summed E-state index contributed by atoms with van der Waals surface area (Å²) in [5, 5.41) is 1.93. The van der Waals surface area contributed by atoms with Gasteiger partial charge in [0.25, 0.3) is 0 Å². The van der Waals surface area contributed by atoms with E-state index >= 15 is 0 Å². The third-order valence-corrected chi connectivity index (χ3v) is 4.88. The van der Waals surface area contributed by atoms with E-state index in [1.165, 1.54) is 18.4 Å². The van der Waals surface area contributed by atoms with Gasteiger partial charge < -0.3 is 0 Å². The second-order valence-corrected chi connectivity index (χ2v) is 5.87. The summed E-state index contributed by atoms with van der Waals surface area (Å²) < 4.78 is 0. The molecule has 1 fully saturated rings. The summed E-state index contributed by atoms with van der Waals surface area (Å²) in [6.45, 7) is 2.38. The molecule has 0 bridgehead atoms. The first-order valence-electron chi connectivity index (χ1n) is 5.44. The molecule has 0 spiro atoms. The Kier molecular flexibility index (Phi) is 3.42. The minimum atomic E-state index is 0.407. The molecule has 1 aliphatic rings. The van der Waals surface area contributed by atoms with Gasteiger partial charge in [-0.1, -0.05) is 46.6 Å². The van der Waals surface area contributed by atoms with Gasteiger partial charge in [0.15, 0.2) is 0 Å². The fourth-order valence-corrected chi connectivity index (χ4v) is 3.06. The van der Waals surface area contributed by atoms with Gasteiger partial charge in [0.05, 0.1) is 0 Å². The Hall–Kier alpha value is -0.0100. The lowest BCUT2D eigenvalue weighted by atomic mass is 9.81. The van der Waals surface area contributed by atoms with Crippen LogP contribution < -0.4 is 0 Å². The average molecular weight is 288 g/mol. The molecule has 1 aliphatic carbocycles. The van der Waals surface area contributed by atoms with Crippen molar-refractivity contribution in [1.82, 2.24) is 0 Å². The largest absolute Gasteiger partial charge is 0.0922 e. The van der Waals surface area contributed by atoms with Crippen molar-refractivity contribution in [3.05, 3.63) is 34.9 Å². The first kappa shape index (κ1) is 11.5. The third-order valence-electron chi connectivity index (χ3n) is 3.37. The quantitative estimate of drug-likeness (QED) is 0.705. The van der Waals surface area contributed by atoms with Crippen molar-refractivity contribution in [2.45, 2.75) is 26.2 Å². The highest BCUT2D eigenvalue weighted by atomic mass is 79.9. The zero-order valence-electron chi connectivity index (χ0n) is 8.97. The van der Waals surface area contributed by atoms with Crippen LogP contribution in [0.5, 0.6) is 0 Å². The number of alkyl halides is 1. The lowest BCUT2D eigenvalue weighted by molar-refractivity contribution is 0.319. The molecule has 0 nitrogen and oxygen atoms in total. The van der Waals surface area contributed by atoms with Crippen molar-refractivity contribution >= 4 is 27.5 Å². The van der Waals surface area contributed by atoms with Gasteiger partial charge in [0.2, 0.25) is 0 Å². The van der Waals surface area contributed by atoms with Gasteiger partial charge in [0.1, 0.15) is 0 Å². The summed E-state index contributed by atoms with van der Waals surface area (Å²) in [6.07, 6.45) is 3.91. The van der Waals surface area contributed by atoms with Crippen LogP contribution in [-0.4, -0.2) is 5.33 Å². The van der Waals surface area contributed by atoms with Crippen LogP contribution in [0.4, 0.5) is 0 Å². The molecule has 0 aliphatic heterocycles. The van der Waals surface area contributed by atoms with E-state index in [-0.39, 0.29) is 0 Å². The fourth-order valence-electron chi connectivity index (χ4n) is 2.19. The Morgan fingerprint density at radius 3 is 2.73 bits per heavy atom. The predicted octanol–water partition coefficient (Wildman–Crippen LogP) is 4.69. The van der Waals surface area contributed by atoms with Gasteiger partial charge in [-0.2, -0.15) is 0 Å². The Labute approximate surface area is 105 Å². The standard InChI is InChI=1S/C13H16BrCl/c1-13(9-14,11-5-6-11)8-10-3-2-4-12(15)7-10/h2-4,7,11H,5-6,8-9H2,1H3. The number of hydrogen-bond donors (Lipinski definition) is 0. The van der Waals surface area contributed by atoms with Gasteiger partial charge in [-0.3, -0.25) is 0 Å². The summed E-state index contributed by atoms with van der Waals surface area (Å²) >= 11 is 9.66. The van der Waals surface area contributed by atoms with Gasteiger partial charge in [-0.25, -0.2) is 0 Å². The van der Waals surface area contributed by atoms with Crippen molar-refractivity contribution in [2.24, 2.45) is 11.3 Å². The molecule has 0 amide bonds. The Morgan fingerprint density at radius 1 is 1.47 bits per heavy atom. The summed E-state index contributed by atoms with van der Waals surface area (Å²) in [6, 6.07) is 8.24. The fraction of sp³-hybridized carbons (Fsp3) is 0.538. The summed E-state index contributed by atoms with van der Waals surface area (Å²) in [7, 11) is 0. The molecule has 1 aromatic rings. The van der Waals surface area contributed by atoms with E-state index in [2.05, 4.69) is 35.0 Å². The van der Waals surface area contributed by atoms with Crippen molar-refractivity contribution in [2.75, 3.05) is 5.33 Å². The number of benzene rings is 1. The summed E-state index contributed by atoms with van der Waals surface area (Å²) in [5.74, 6) is 0.899. The maximum absolute atomic E-state index is 6.00. The minimum Gasteiger partial charge on any atom is -0.0922 e. The van der Waals surface area contributed by atoms with Gasteiger partial charge in [-0.15, -0.1) is 0 Å².